The molecule has 6 atom stereocenters. The Morgan fingerprint density at radius 2 is 1.60 bits per heavy atom. The van der Waals surface area contributed by atoms with Crippen LogP contribution in [0.25, 0.3) is 11.1 Å². The van der Waals surface area contributed by atoms with Crippen molar-refractivity contribution in [1.29, 1.82) is 0 Å². The molecule has 1 aliphatic rings. The van der Waals surface area contributed by atoms with E-state index in [1.54, 1.807) is 36.4 Å². The molecule has 2 aromatic rings. The molecule has 7 N–H and O–H groups in total. The molecule has 1 saturated heterocycles. The Hall–Kier alpha value is -3.55. The summed E-state index contributed by atoms with van der Waals surface area (Å²) in [4.78, 5) is 34.4. The Morgan fingerprint density at radius 3 is 2.20 bits per heavy atom. The van der Waals surface area contributed by atoms with Crippen LogP contribution in [0.3, 0.4) is 0 Å². The van der Waals surface area contributed by atoms with Crippen molar-refractivity contribution in [3.8, 4) is 16.9 Å². The summed E-state index contributed by atoms with van der Waals surface area (Å²) in [5, 5.41) is 59.6. The van der Waals surface area contributed by atoms with Crippen LogP contribution in [-0.2, 0) is 14.3 Å². The van der Waals surface area contributed by atoms with E-state index in [9.17, 15) is 34.8 Å². The molecule has 1 amide bonds. The predicted octanol–water partition coefficient (Wildman–Crippen LogP) is -0.810. The second-order valence-corrected chi connectivity index (χ2v) is 7.85. The number of carbonyl (C=O) groups excluding carboxylic acids is 1. The van der Waals surface area contributed by atoms with Crippen molar-refractivity contribution in [3.05, 3.63) is 54.1 Å². The molecule has 12 heteroatoms. The number of para-hydroxylation sites is 1. The third-order valence-electron chi connectivity index (χ3n) is 5.42. The first-order chi connectivity index (χ1) is 16.6. The van der Waals surface area contributed by atoms with Gasteiger partial charge >= 0.3 is 11.9 Å². The molecular formula is C23H25NO11. The minimum atomic E-state index is -1.60. The van der Waals surface area contributed by atoms with Crippen LogP contribution in [0.2, 0.25) is 0 Å². The number of rotatable bonds is 9. The van der Waals surface area contributed by atoms with Gasteiger partial charge in [-0.25, -0.2) is 4.79 Å². The maximum Gasteiger partial charge on any atom is 0.326 e. The molecule has 0 aromatic heterocycles. The molecule has 1 fully saturated rings. The van der Waals surface area contributed by atoms with Gasteiger partial charge in [0.05, 0.1) is 13.0 Å². The molecule has 3 rings (SSSR count). The highest BCUT2D eigenvalue weighted by atomic mass is 16.7. The second kappa shape index (κ2) is 11.3. The lowest BCUT2D eigenvalue weighted by atomic mass is 9.99. The molecule has 0 bridgehead atoms. The first-order valence-electron chi connectivity index (χ1n) is 10.5. The summed E-state index contributed by atoms with van der Waals surface area (Å²) in [6.07, 6.45) is -8.04. The number of nitrogens with one attached hydrogen (secondary N) is 1. The normalized spacial score (nSPS) is 24.9. The number of benzene rings is 2. The average molecular weight is 491 g/mol. The summed E-state index contributed by atoms with van der Waals surface area (Å²) < 4.78 is 11.1. The molecule has 1 heterocycles. The van der Waals surface area contributed by atoms with E-state index in [0.717, 1.165) is 0 Å². The monoisotopic (exact) mass is 491 g/mol. The van der Waals surface area contributed by atoms with E-state index >= 15 is 0 Å². The fourth-order valence-electron chi connectivity index (χ4n) is 3.52. The van der Waals surface area contributed by atoms with E-state index in [-0.39, 0.29) is 11.3 Å². The lowest BCUT2D eigenvalue weighted by Gasteiger charge is -2.39. The summed E-state index contributed by atoms with van der Waals surface area (Å²) in [7, 11) is 0. The molecule has 2 aromatic carbocycles. The van der Waals surface area contributed by atoms with Crippen LogP contribution < -0.4 is 10.1 Å². The van der Waals surface area contributed by atoms with Gasteiger partial charge in [-0.1, -0.05) is 30.3 Å². The Bertz CT molecular complexity index is 1060. The summed E-state index contributed by atoms with van der Waals surface area (Å²) >= 11 is 0. The van der Waals surface area contributed by atoms with Gasteiger partial charge in [-0.2, -0.15) is 0 Å². The molecule has 188 valence electrons. The van der Waals surface area contributed by atoms with Crippen LogP contribution in [0.4, 0.5) is 0 Å². The topological polar surface area (TPSA) is 203 Å². The number of amides is 1. The number of aliphatic carboxylic acids is 2. The van der Waals surface area contributed by atoms with E-state index in [1.165, 1.54) is 12.1 Å². The van der Waals surface area contributed by atoms with Gasteiger partial charge in [0, 0.05) is 11.1 Å². The minimum Gasteiger partial charge on any atom is -0.481 e. The van der Waals surface area contributed by atoms with Crippen LogP contribution in [-0.4, -0.2) is 91.8 Å². The molecule has 1 aliphatic heterocycles. The van der Waals surface area contributed by atoms with E-state index < -0.39 is 67.6 Å². The van der Waals surface area contributed by atoms with E-state index in [4.69, 9.17) is 19.7 Å². The average Bonchev–Trinajstić information content (AvgIpc) is 2.84. The van der Waals surface area contributed by atoms with Gasteiger partial charge in [0.2, 0.25) is 6.29 Å². The highest BCUT2D eigenvalue weighted by Gasteiger charge is 2.44. The van der Waals surface area contributed by atoms with Crippen molar-refractivity contribution < 1.29 is 54.5 Å². The number of ether oxygens (including phenoxy) is 2. The van der Waals surface area contributed by atoms with Crippen LogP contribution >= 0.6 is 0 Å². The van der Waals surface area contributed by atoms with Crippen molar-refractivity contribution in [2.24, 2.45) is 0 Å². The van der Waals surface area contributed by atoms with Gasteiger partial charge in [0.15, 0.2) is 0 Å². The number of carboxylic acid groups (broad SMARTS) is 2. The highest BCUT2D eigenvalue weighted by molar-refractivity contribution is 5.97. The molecule has 0 aliphatic carbocycles. The number of hydrogen-bond donors (Lipinski definition) is 7. The largest absolute Gasteiger partial charge is 0.481 e. The van der Waals surface area contributed by atoms with Crippen LogP contribution in [0.15, 0.2) is 48.5 Å². The lowest BCUT2D eigenvalue weighted by molar-refractivity contribution is -0.277. The first kappa shape index (κ1) is 26.1. The van der Waals surface area contributed by atoms with Gasteiger partial charge in [0.25, 0.3) is 5.91 Å². The molecule has 35 heavy (non-hydrogen) atoms. The lowest BCUT2D eigenvalue weighted by Crippen LogP contribution is -2.60. The summed E-state index contributed by atoms with van der Waals surface area (Å²) in [5.41, 5.74) is 1.19. The second-order valence-electron chi connectivity index (χ2n) is 7.85. The Labute approximate surface area is 199 Å². The minimum absolute atomic E-state index is 0.0951. The van der Waals surface area contributed by atoms with E-state index in [2.05, 4.69) is 5.32 Å². The van der Waals surface area contributed by atoms with Crippen molar-refractivity contribution >= 4 is 17.8 Å². The Kier molecular flexibility index (Phi) is 8.38. The first-order valence-corrected chi connectivity index (χ1v) is 10.5. The summed E-state index contributed by atoms with van der Waals surface area (Å²) in [5.74, 6) is -3.38. The number of aliphatic hydroxyl groups excluding tert-OH is 4. The Morgan fingerprint density at radius 1 is 0.943 bits per heavy atom. The number of carbonyl (C=O) groups is 3. The van der Waals surface area contributed by atoms with Gasteiger partial charge in [-0.15, -0.1) is 0 Å². The molecular weight excluding hydrogens is 466 g/mol. The van der Waals surface area contributed by atoms with E-state index in [0.29, 0.717) is 11.1 Å². The fourth-order valence-corrected chi connectivity index (χ4v) is 3.52. The van der Waals surface area contributed by atoms with Gasteiger partial charge < -0.3 is 45.4 Å². The van der Waals surface area contributed by atoms with Crippen molar-refractivity contribution in [1.82, 2.24) is 5.32 Å². The highest BCUT2D eigenvalue weighted by Crippen LogP contribution is 2.33. The number of carboxylic acids is 2. The summed E-state index contributed by atoms with van der Waals surface area (Å²) in [6, 6.07) is 11.0. The molecule has 12 nitrogen and oxygen atoms in total. The SMILES string of the molecule is O=C(O)CC(NC(=O)c1ccc(-c2ccccc2O[C@H]2O[C@H](CO)[C@@H](O)[C@H](O)[C@@H]2O)cc1)C(=O)O. The summed E-state index contributed by atoms with van der Waals surface area (Å²) in [6.45, 7) is -0.606. The quantitative estimate of drug-likeness (QED) is 0.231. The maximum absolute atomic E-state index is 12.4. The van der Waals surface area contributed by atoms with Crippen LogP contribution in [0.1, 0.15) is 16.8 Å². The fraction of sp³-hybridized carbons (Fsp3) is 0.348. The molecule has 0 saturated carbocycles. The van der Waals surface area contributed by atoms with Crippen LogP contribution in [0.5, 0.6) is 5.75 Å². The third kappa shape index (κ3) is 6.12. The smallest absolute Gasteiger partial charge is 0.326 e. The number of aliphatic hydroxyl groups is 4. The number of hydrogen-bond acceptors (Lipinski definition) is 9. The van der Waals surface area contributed by atoms with Crippen molar-refractivity contribution in [2.45, 2.75) is 43.2 Å². The maximum atomic E-state index is 12.4. The van der Waals surface area contributed by atoms with Gasteiger partial charge in [0.1, 0.15) is 36.2 Å². The third-order valence-corrected chi connectivity index (χ3v) is 5.42. The van der Waals surface area contributed by atoms with Gasteiger partial charge in [-0.05, 0) is 23.8 Å². The molecule has 0 spiro atoms. The molecule has 1 unspecified atom stereocenters. The predicted molar refractivity (Wildman–Crippen MR) is 117 cm³/mol. The molecule has 0 radical (unpaired) electrons. The van der Waals surface area contributed by atoms with Gasteiger partial charge in [-0.3, -0.25) is 9.59 Å². The standard InChI is InChI=1S/C23H25NO11/c25-10-16-18(28)19(29)20(30)23(35-16)34-15-4-2-1-3-13(15)11-5-7-12(8-6-11)21(31)24-14(22(32)33)9-17(26)27/h1-8,14,16,18-20,23,25,28-30H,9-10H2,(H,24,31)(H,26,27)(H,32,33)/t14?,16-,18-,19+,20+,23+/m1/s1. The zero-order chi connectivity index (χ0) is 25.7. The zero-order valence-electron chi connectivity index (χ0n) is 18.2. The van der Waals surface area contributed by atoms with E-state index in [1.807, 2.05) is 0 Å². The van der Waals surface area contributed by atoms with Crippen LogP contribution in [0, 0.1) is 0 Å². The Balaban J connectivity index is 1.78. The van der Waals surface area contributed by atoms with Crippen molar-refractivity contribution in [3.63, 3.8) is 0 Å². The van der Waals surface area contributed by atoms with Crippen molar-refractivity contribution in [2.75, 3.05) is 6.61 Å². The zero-order valence-corrected chi connectivity index (χ0v) is 18.2.